The third kappa shape index (κ3) is 2.22. The molecule has 0 bridgehead atoms. The van der Waals surface area contributed by atoms with Gasteiger partial charge >= 0.3 is 6.18 Å². The minimum atomic E-state index is -4.46. The lowest BCUT2D eigenvalue weighted by Gasteiger charge is -2.06. The van der Waals surface area contributed by atoms with E-state index in [1.807, 2.05) is 0 Å². The van der Waals surface area contributed by atoms with Gasteiger partial charge in [-0.1, -0.05) is 6.07 Å². The highest BCUT2D eigenvalue weighted by Gasteiger charge is 2.33. The van der Waals surface area contributed by atoms with Crippen molar-refractivity contribution in [1.29, 1.82) is 0 Å². The highest BCUT2D eigenvalue weighted by atomic mass is 19.4. The molecule has 0 atom stereocenters. The van der Waals surface area contributed by atoms with Crippen LogP contribution in [0.1, 0.15) is 11.4 Å². The first-order chi connectivity index (χ1) is 7.88. The van der Waals surface area contributed by atoms with E-state index in [1.165, 1.54) is 12.1 Å². The normalized spacial score (nSPS) is 11.9. The molecule has 0 fully saturated rings. The third-order valence-corrected chi connectivity index (χ3v) is 2.21. The predicted octanol–water partition coefficient (Wildman–Crippen LogP) is 1.61. The second kappa shape index (κ2) is 3.76. The van der Waals surface area contributed by atoms with E-state index in [4.69, 9.17) is 5.73 Å². The number of nitrogens with two attached hydrogens (primary N) is 1. The van der Waals surface area contributed by atoms with E-state index >= 15 is 0 Å². The Balaban J connectivity index is 2.57. The number of benzene rings is 1. The molecule has 1 aromatic carbocycles. The topological polar surface area (TPSA) is 71.8 Å². The fraction of sp³-hybridized carbons (Fsp3) is 0.200. The molecule has 4 nitrogen and oxygen atoms in total. The summed E-state index contributed by atoms with van der Waals surface area (Å²) < 4.78 is 38.0. The average molecular weight is 243 g/mol. The Morgan fingerprint density at radius 1 is 1.41 bits per heavy atom. The van der Waals surface area contributed by atoms with Crippen molar-refractivity contribution in [3.05, 3.63) is 29.6 Å². The van der Waals surface area contributed by atoms with E-state index < -0.39 is 17.6 Å². The first-order valence-electron chi connectivity index (χ1n) is 4.71. The van der Waals surface area contributed by atoms with Crippen molar-refractivity contribution in [2.45, 2.75) is 12.6 Å². The molecular formula is C10H8F3N3O. The SMILES string of the molecule is NC(=O)Cc1nc2cccc(C(F)(F)F)c2[nH]1. The Labute approximate surface area is 93.6 Å². The van der Waals surface area contributed by atoms with E-state index in [-0.39, 0.29) is 23.3 Å². The van der Waals surface area contributed by atoms with E-state index in [2.05, 4.69) is 9.97 Å². The van der Waals surface area contributed by atoms with Crippen LogP contribution in [0.5, 0.6) is 0 Å². The van der Waals surface area contributed by atoms with Gasteiger partial charge in [-0.05, 0) is 12.1 Å². The highest BCUT2D eigenvalue weighted by Crippen LogP contribution is 2.33. The van der Waals surface area contributed by atoms with Crippen LogP contribution in [0.25, 0.3) is 11.0 Å². The minimum absolute atomic E-state index is 0.128. The number of alkyl halides is 3. The van der Waals surface area contributed by atoms with Gasteiger partial charge in [0, 0.05) is 0 Å². The molecule has 0 aliphatic carbocycles. The molecular weight excluding hydrogens is 235 g/mol. The van der Waals surface area contributed by atoms with Gasteiger partial charge in [0.25, 0.3) is 0 Å². The summed E-state index contributed by atoms with van der Waals surface area (Å²) in [5.74, 6) is -0.526. The van der Waals surface area contributed by atoms with Crippen LogP contribution in [-0.4, -0.2) is 15.9 Å². The van der Waals surface area contributed by atoms with E-state index in [9.17, 15) is 18.0 Å². The molecule has 2 aromatic rings. The summed E-state index contributed by atoms with van der Waals surface area (Å²) >= 11 is 0. The molecule has 0 spiro atoms. The zero-order valence-corrected chi connectivity index (χ0v) is 8.51. The molecule has 2 rings (SSSR count). The Bertz CT molecular complexity index is 574. The summed E-state index contributed by atoms with van der Waals surface area (Å²) in [5.41, 5.74) is 4.18. The quantitative estimate of drug-likeness (QED) is 0.841. The number of hydrogen-bond acceptors (Lipinski definition) is 2. The fourth-order valence-corrected chi connectivity index (χ4v) is 1.57. The van der Waals surface area contributed by atoms with Crippen LogP contribution in [0, 0.1) is 0 Å². The predicted molar refractivity (Wildman–Crippen MR) is 54.0 cm³/mol. The number of aromatic amines is 1. The summed E-state index contributed by atoms with van der Waals surface area (Å²) in [7, 11) is 0. The van der Waals surface area contributed by atoms with Gasteiger partial charge in [0.2, 0.25) is 5.91 Å². The van der Waals surface area contributed by atoms with Gasteiger partial charge < -0.3 is 10.7 Å². The molecule has 7 heteroatoms. The van der Waals surface area contributed by atoms with Crippen LogP contribution >= 0.6 is 0 Å². The molecule has 0 saturated heterocycles. The van der Waals surface area contributed by atoms with Gasteiger partial charge in [-0.25, -0.2) is 4.98 Å². The van der Waals surface area contributed by atoms with Crippen LogP contribution in [0.4, 0.5) is 13.2 Å². The highest BCUT2D eigenvalue weighted by molar-refractivity contribution is 5.81. The molecule has 3 N–H and O–H groups in total. The molecule has 1 heterocycles. The second-order valence-corrected chi connectivity index (χ2v) is 3.52. The number of imidazole rings is 1. The zero-order chi connectivity index (χ0) is 12.6. The van der Waals surface area contributed by atoms with Crippen molar-refractivity contribution in [1.82, 2.24) is 9.97 Å². The Hall–Kier alpha value is -2.05. The maximum Gasteiger partial charge on any atom is 0.418 e. The molecule has 0 radical (unpaired) electrons. The number of amides is 1. The number of rotatable bonds is 2. The fourth-order valence-electron chi connectivity index (χ4n) is 1.57. The van der Waals surface area contributed by atoms with Crippen molar-refractivity contribution in [3.63, 3.8) is 0 Å². The number of para-hydroxylation sites is 1. The Morgan fingerprint density at radius 3 is 2.71 bits per heavy atom. The lowest BCUT2D eigenvalue weighted by atomic mass is 10.2. The molecule has 1 aromatic heterocycles. The van der Waals surface area contributed by atoms with Crippen molar-refractivity contribution in [2.24, 2.45) is 5.73 Å². The first kappa shape index (κ1) is 11.4. The molecule has 90 valence electrons. The maximum absolute atomic E-state index is 12.7. The largest absolute Gasteiger partial charge is 0.418 e. The molecule has 0 unspecified atom stereocenters. The summed E-state index contributed by atoms with van der Waals surface area (Å²) in [6.45, 7) is 0. The van der Waals surface area contributed by atoms with Crippen molar-refractivity contribution in [3.8, 4) is 0 Å². The molecule has 17 heavy (non-hydrogen) atoms. The first-order valence-corrected chi connectivity index (χ1v) is 4.71. The summed E-state index contributed by atoms with van der Waals surface area (Å²) in [6, 6.07) is 3.65. The van der Waals surface area contributed by atoms with Crippen molar-refractivity contribution < 1.29 is 18.0 Å². The second-order valence-electron chi connectivity index (χ2n) is 3.52. The maximum atomic E-state index is 12.7. The summed E-state index contributed by atoms with van der Waals surface area (Å²) in [6.07, 6.45) is -4.68. The number of hydrogen-bond donors (Lipinski definition) is 2. The van der Waals surface area contributed by atoms with E-state index in [0.717, 1.165) is 6.07 Å². The van der Waals surface area contributed by atoms with Crippen LogP contribution in [0.3, 0.4) is 0 Å². The number of H-pyrrole nitrogens is 1. The number of carbonyl (C=O) groups is 1. The van der Waals surface area contributed by atoms with Crippen LogP contribution in [-0.2, 0) is 17.4 Å². The minimum Gasteiger partial charge on any atom is -0.369 e. The molecule has 0 aliphatic rings. The Kier molecular flexibility index (Phi) is 2.53. The number of aromatic nitrogens is 2. The van der Waals surface area contributed by atoms with Crippen LogP contribution in [0.15, 0.2) is 18.2 Å². The van der Waals surface area contributed by atoms with E-state index in [0.29, 0.717) is 0 Å². The lowest BCUT2D eigenvalue weighted by Crippen LogP contribution is -2.14. The van der Waals surface area contributed by atoms with Gasteiger partial charge in [0.1, 0.15) is 5.82 Å². The van der Waals surface area contributed by atoms with Crippen molar-refractivity contribution in [2.75, 3.05) is 0 Å². The van der Waals surface area contributed by atoms with E-state index in [1.54, 1.807) is 0 Å². The summed E-state index contributed by atoms with van der Waals surface area (Å²) in [5, 5.41) is 0. The molecule has 0 saturated carbocycles. The monoisotopic (exact) mass is 243 g/mol. The molecule has 0 aliphatic heterocycles. The number of nitrogens with zero attached hydrogens (tertiary/aromatic N) is 1. The standard InChI is InChI=1S/C10H8F3N3O/c11-10(12,13)5-2-1-3-6-9(5)16-8(15-6)4-7(14)17/h1-3H,4H2,(H2,14,17)(H,15,16). The number of carbonyl (C=O) groups excluding carboxylic acids is 1. The molecule has 1 amide bonds. The number of nitrogens with one attached hydrogen (secondary N) is 1. The van der Waals surface area contributed by atoms with Crippen LogP contribution < -0.4 is 5.73 Å². The van der Waals surface area contributed by atoms with Gasteiger partial charge in [-0.3, -0.25) is 4.79 Å². The number of primary amides is 1. The van der Waals surface area contributed by atoms with Crippen molar-refractivity contribution >= 4 is 16.9 Å². The Morgan fingerprint density at radius 2 is 2.12 bits per heavy atom. The van der Waals surface area contributed by atoms with Gasteiger partial charge in [-0.2, -0.15) is 13.2 Å². The summed E-state index contributed by atoms with van der Waals surface area (Å²) in [4.78, 5) is 17.0. The number of fused-ring (bicyclic) bond motifs is 1. The average Bonchev–Trinajstić information content (AvgIpc) is 2.55. The smallest absolute Gasteiger partial charge is 0.369 e. The van der Waals surface area contributed by atoms with Gasteiger partial charge in [-0.15, -0.1) is 0 Å². The van der Waals surface area contributed by atoms with Gasteiger partial charge in [0.05, 0.1) is 23.0 Å². The van der Waals surface area contributed by atoms with Gasteiger partial charge in [0.15, 0.2) is 0 Å². The zero-order valence-electron chi connectivity index (χ0n) is 8.51. The van der Waals surface area contributed by atoms with Crippen LogP contribution in [0.2, 0.25) is 0 Å². The lowest BCUT2D eigenvalue weighted by molar-refractivity contribution is -0.136. The third-order valence-electron chi connectivity index (χ3n) is 2.21. The number of halogens is 3.